The van der Waals surface area contributed by atoms with E-state index in [0.29, 0.717) is 5.92 Å². The molecule has 3 rings (SSSR count). The molecule has 3 N–H and O–H groups in total. The van der Waals surface area contributed by atoms with Gasteiger partial charge in [0, 0.05) is 24.5 Å². The van der Waals surface area contributed by atoms with Crippen LogP contribution in [0.2, 0.25) is 0 Å². The molecule has 1 amide bonds. The Morgan fingerprint density at radius 3 is 2.82 bits per heavy atom. The standard InChI is InChI=1S/C13H22N2O2/c1-13(2)6-8(13)12(16)15-10-9(14)7-4-3-5-17-11(7)10/h7-11H,3-6,14H2,1-2H3,(H,15,16). The zero-order chi connectivity index (χ0) is 12.2. The van der Waals surface area contributed by atoms with Gasteiger partial charge in [-0.3, -0.25) is 4.79 Å². The van der Waals surface area contributed by atoms with Crippen molar-refractivity contribution in [2.45, 2.75) is 51.3 Å². The molecule has 0 aromatic heterocycles. The van der Waals surface area contributed by atoms with E-state index in [4.69, 9.17) is 10.5 Å². The van der Waals surface area contributed by atoms with Gasteiger partial charge in [-0.25, -0.2) is 0 Å². The van der Waals surface area contributed by atoms with Crippen LogP contribution >= 0.6 is 0 Å². The lowest BCUT2D eigenvalue weighted by Gasteiger charge is -2.52. The minimum Gasteiger partial charge on any atom is -0.376 e. The average molecular weight is 238 g/mol. The fourth-order valence-corrected chi connectivity index (χ4v) is 3.31. The maximum Gasteiger partial charge on any atom is 0.224 e. The van der Waals surface area contributed by atoms with Crippen molar-refractivity contribution in [2.24, 2.45) is 23.0 Å². The predicted octanol–water partition coefficient (Wildman–Crippen LogP) is 0.653. The van der Waals surface area contributed by atoms with Crippen molar-refractivity contribution in [1.29, 1.82) is 0 Å². The molecule has 17 heavy (non-hydrogen) atoms. The van der Waals surface area contributed by atoms with Gasteiger partial charge in [0.1, 0.15) is 0 Å². The fourth-order valence-electron chi connectivity index (χ4n) is 3.31. The molecule has 0 aromatic carbocycles. The number of amides is 1. The molecule has 0 bridgehead atoms. The first kappa shape index (κ1) is 11.5. The van der Waals surface area contributed by atoms with Crippen LogP contribution < -0.4 is 11.1 Å². The van der Waals surface area contributed by atoms with Crippen molar-refractivity contribution < 1.29 is 9.53 Å². The second kappa shape index (κ2) is 3.69. The summed E-state index contributed by atoms with van der Waals surface area (Å²) in [6, 6.07) is 0.135. The van der Waals surface area contributed by atoms with Gasteiger partial charge in [-0.1, -0.05) is 13.8 Å². The van der Waals surface area contributed by atoms with Gasteiger partial charge in [-0.2, -0.15) is 0 Å². The summed E-state index contributed by atoms with van der Waals surface area (Å²) in [6.45, 7) is 5.09. The largest absolute Gasteiger partial charge is 0.376 e. The van der Waals surface area contributed by atoms with E-state index in [9.17, 15) is 4.79 Å². The molecule has 2 saturated carbocycles. The van der Waals surface area contributed by atoms with E-state index in [2.05, 4.69) is 19.2 Å². The number of fused-ring (bicyclic) bond motifs is 1. The lowest BCUT2D eigenvalue weighted by atomic mass is 9.68. The third kappa shape index (κ3) is 1.78. The summed E-state index contributed by atoms with van der Waals surface area (Å²) in [5.41, 5.74) is 6.30. The minimum atomic E-state index is 0.0456. The van der Waals surface area contributed by atoms with E-state index < -0.39 is 0 Å². The molecule has 1 aliphatic heterocycles. The van der Waals surface area contributed by atoms with Gasteiger partial charge in [0.25, 0.3) is 0 Å². The average Bonchev–Trinajstić information content (AvgIpc) is 2.95. The molecule has 4 heteroatoms. The lowest BCUT2D eigenvalue weighted by molar-refractivity contribution is -0.140. The highest BCUT2D eigenvalue weighted by molar-refractivity contribution is 5.82. The maximum atomic E-state index is 12.0. The smallest absolute Gasteiger partial charge is 0.224 e. The monoisotopic (exact) mass is 238 g/mol. The molecule has 5 atom stereocenters. The first-order valence-electron chi connectivity index (χ1n) is 6.68. The van der Waals surface area contributed by atoms with E-state index in [1.54, 1.807) is 0 Å². The van der Waals surface area contributed by atoms with E-state index in [1.165, 1.54) is 0 Å². The molecule has 1 saturated heterocycles. The maximum absolute atomic E-state index is 12.0. The molecule has 5 unspecified atom stereocenters. The number of nitrogens with two attached hydrogens (primary N) is 1. The van der Waals surface area contributed by atoms with Crippen LogP contribution in [-0.4, -0.2) is 30.7 Å². The van der Waals surface area contributed by atoms with E-state index >= 15 is 0 Å². The summed E-state index contributed by atoms with van der Waals surface area (Å²) < 4.78 is 5.72. The lowest BCUT2D eigenvalue weighted by Crippen LogP contribution is -2.72. The van der Waals surface area contributed by atoms with Crippen molar-refractivity contribution in [3.63, 3.8) is 0 Å². The predicted molar refractivity (Wildman–Crippen MR) is 64.3 cm³/mol. The van der Waals surface area contributed by atoms with Crippen LogP contribution in [0.1, 0.15) is 33.1 Å². The molecule has 0 spiro atoms. The van der Waals surface area contributed by atoms with Crippen molar-refractivity contribution in [1.82, 2.24) is 5.32 Å². The Labute approximate surface area is 102 Å². The molecule has 2 aliphatic carbocycles. The third-order valence-electron chi connectivity index (χ3n) is 4.82. The molecule has 0 radical (unpaired) electrons. The molecule has 3 aliphatic rings. The van der Waals surface area contributed by atoms with Crippen LogP contribution in [0.4, 0.5) is 0 Å². The Morgan fingerprint density at radius 1 is 1.47 bits per heavy atom. The van der Waals surface area contributed by atoms with Crippen molar-refractivity contribution >= 4 is 5.91 Å². The summed E-state index contributed by atoms with van der Waals surface area (Å²) in [4.78, 5) is 12.0. The SMILES string of the molecule is CC1(C)CC1C(=O)NC1C(N)C2CCCOC21. The Bertz CT molecular complexity index is 342. The molecular formula is C13H22N2O2. The van der Waals surface area contributed by atoms with Crippen LogP contribution in [0.3, 0.4) is 0 Å². The van der Waals surface area contributed by atoms with Crippen molar-refractivity contribution in [3.05, 3.63) is 0 Å². The molecule has 3 fully saturated rings. The molecule has 4 nitrogen and oxygen atoms in total. The van der Waals surface area contributed by atoms with Gasteiger partial charge in [-0.05, 0) is 24.7 Å². The van der Waals surface area contributed by atoms with Crippen molar-refractivity contribution in [2.75, 3.05) is 6.61 Å². The van der Waals surface area contributed by atoms with Gasteiger partial charge < -0.3 is 15.8 Å². The van der Waals surface area contributed by atoms with Gasteiger partial charge in [0.15, 0.2) is 0 Å². The molecule has 96 valence electrons. The topological polar surface area (TPSA) is 64.4 Å². The van der Waals surface area contributed by atoms with E-state index in [-0.39, 0.29) is 35.4 Å². The Kier molecular flexibility index (Phi) is 2.49. The zero-order valence-corrected chi connectivity index (χ0v) is 10.6. The second-order valence-electron chi connectivity index (χ2n) is 6.50. The molecular weight excluding hydrogens is 216 g/mol. The van der Waals surface area contributed by atoms with Gasteiger partial charge in [-0.15, -0.1) is 0 Å². The zero-order valence-electron chi connectivity index (χ0n) is 10.6. The highest BCUT2D eigenvalue weighted by atomic mass is 16.5. The van der Waals surface area contributed by atoms with Crippen LogP contribution in [0.5, 0.6) is 0 Å². The van der Waals surface area contributed by atoms with E-state index in [0.717, 1.165) is 25.9 Å². The van der Waals surface area contributed by atoms with Crippen LogP contribution in [0, 0.1) is 17.3 Å². The Balaban J connectivity index is 1.57. The number of carbonyl (C=O) groups excluding carboxylic acids is 1. The first-order valence-corrected chi connectivity index (χ1v) is 6.68. The van der Waals surface area contributed by atoms with Gasteiger partial charge in [0.2, 0.25) is 5.91 Å². The fraction of sp³-hybridized carbons (Fsp3) is 0.923. The molecule has 1 heterocycles. The third-order valence-corrected chi connectivity index (χ3v) is 4.82. The summed E-state index contributed by atoms with van der Waals surface area (Å²) in [7, 11) is 0. The Morgan fingerprint density at radius 2 is 2.18 bits per heavy atom. The van der Waals surface area contributed by atoms with Crippen LogP contribution in [0.15, 0.2) is 0 Å². The highest BCUT2D eigenvalue weighted by Gasteiger charge is 2.55. The summed E-state index contributed by atoms with van der Waals surface area (Å²) >= 11 is 0. The Hall–Kier alpha value is -0.610. The molecule has 0 aromatic rings. The number of hydrogen-bond acceptors (Lipinski definition) is 3. The van der Waals surface area contributed by atoms with Crippen LogP contribution in [0.25, 0.3) is 0 Å². The number of rotatable bonds is 2. The normalized spacial score (nSPS) is 46.6. The second-order valence-corrected chi connectivity index (χ2v) is 6.50. The van der Waals surface area contributed by atoms with Gasteiger partial charge >= 0.3 is 0 Å². The number of hydrogen-bond donors (Lipinski definition) is 2. The quantitative estimate of drug-likeness (QED) is 0.742. The first-order chi connectivity index (χ1) is 8.00. The number of carbonyl (C=O) groups is 1. The summed E-state index contributed by atoms with van der Waals surface area (Å²) in [5.74, 6) is 0.807. The van der Waals surface area contributed by atoms with Crippen molar-refractivity contribution in [3.8, 4) is 0 Å². The minimum absolute atomic E-state index is 0.0456. The highest BCUT2D eigenvalue weighted by Crippen LogP contribution is 2.52. The van der Waals surface area contributed by atoms with Gasteiger partial charge in [0.05, 0.1) is 12.1 Å². The summed E-state index contributed by atoms with van der Waals surface area (Å²) in [5, 5.41) is 3.09. The van der Waals surface area contributed by atoms with E-state index in [1.807, 2.05) is 0 Å². The number of ether oxygens (including phenoxy) is 1. The number of nitrogens with one attached hydrogen (secondary N) is 1. The van der Waals surface area contributed by atoms with Crippen LogP contribution in [-0.2, 0) is 9.53 Å². The summed E-state index contributed by atoms with van der Waals surface area (Å²) in [6.07, 6.45) is 3.41.